The second-order valence-corrected chi connectivity index (χ2v) is 8.56. The highest BCUT2D eigenvalue weighted by molar-refractivity contribution is 5.93. The van der Waals surface area contributed by atoms with Gasteiger partial charge in [0.25, 0.3) is 0 Å². The Balaban J connectivity index is 1.56. The van der Waals surface area contributed by atoms with Crippen LogP contribution in [0.5, 0.6) is 0 Å². The second kappa shape index (κ2) is 9.43. The smallest absolute Gasteiger partial charge is 0.238 e. The van der Waals surface area contributed by atoms with E-state index in [9.17, 15) is 9.59 Å². The summed E-state index contributed by atoms with van der Waals surface area (Å²) in [4.78, 5) is 26.7. The summed E-state index contributed by atoms with van der Waals surface area (Å²) in [5, 5.41) is 10.8. The minimum Gasteiger partial charge on any atom is -0.353 e. The van der Waals surface area contributed by atoms with Crippen molar-refractivity contribution in [2.75, 3.05) is 25.0 Å². The fourth-order valence-corrected chi connectivity index (χ4v) is 3.75. The third-order valence-electron chi connectivity index (χ3n) is 5.66. The number of piperidine rings is 1. The van der Waals surface area contributed by atoms with E-state index in [0.717, 1.165) is 48.7 Å². The molecule has 1 aliphatic heterocycles. The van der Waals surface area contributed by atoms with Gasteiger partial charge in [-0.1, -0.05) is 31.5 Å². The van der Waals surface area contributed by atoms with E-state index in [-0.39, 0.29) is 23.8 Å². The highest BCUT2D eigenvalue weighted by Crippen LogP contribution is 2.23. The van der Waals surface area contributed by atoms with Gasteiger partial charge in [0.1, 0.15) is 0 Å². The van der Waals surface area contributed by atoms with Crippen LogP contribution in [-0.2, 0) is 9.59 Å². The lowest BCUT2D eigenvalue weighted by molar-refractivity contribution is -0.125. The molecule has 7 nitrogen and oxygen atoms in total. The van der Waals surface area contributed by atoms with Crippen molar-refractivity contribution in [3.63, 3.8) is 0 Å². The van der Waals surface area contributed by atoms with Crippen molar-refractivity contribution in [2.45, 2.75) is 53.5 Å². The molecule has 0 bridgehead atoms. The monoisotopic (exact) mass is 411 g/mol. The van der Waals surface area contributed by atoms with Gasteiger partial charge in [0.05, 0.1) is 29.3 Å². The molecule has 2 N–H and O–H groups in total. The molecular weight excluding hydrogens is 378 g/mol. The van der Waals surface area contributed by atoms with Gasteiger partial charge in [-0.3, -0.25) is 14.5 Å². The molecule has 1 aliphatic rings. The van der Waals surface area contributed by atoms with Crippen LogP contribution in [0.2, 0.25) is 0 Å². The quantitative estimate of drug-likeness (QED) is 0.766. The Morgan fingerprint density at radius 1 is 1.10 bits per heavy atom. The predicted octanol–water partition coefficient (Wildman–Crippen LogP) is 2.97. The number of aromatic nitrogens is 2. The molecule has 1 fully saturated rings. The number of anilines is 1. The van der Waals surface area contributed by atoms with Crippen LogP contribution >= 0.6 is 0 Å². The molecule has 2 amide bonds. The molecule has 1 aromatic heterocycles. The number of nitrogens with one attached hydrogen (secondary N) is 2. The lowest BCUT2D eigenvalue weighted by atomic mass is 10.0. The van der Waals surface area contributed by atoms with Gasteiger partial charge >= 0.3 is 0 Å². The number of nitrogens with zero attached hydrogens (tertiary/aromatic N) is 3. The van der Waals surface area contributed by atoms with Crippen molar-refractivity contribution in [1.82, 2.24) is 20.0 Å². The summed E-state index contributed by atoms with van der Waals surface area (Å²) < 4.78 is 1.87. The molecule has 162 valence electrons. The van der Waals surface area contributed by atoms with Crippen LogP contribution in [0.25, 0.3) is 5.69 Å². The maximum absolute atomic E-state index is 12.7. The summed E-state index contributed by atoms with van der Waals surface area (Å²) in [6.07, 6.45) is 1.74. The Hall–Kier alpha value is -2.67. The highest BCUT2D eigenvalue weighted by Gasteiger charge is 2.23. The van der Waals surface area contributed by atoms with E-state index in [1.807, 2.05) is 44.5 Å². The number of carbonyl (C=O) groups excluding carboxylic acids is 2. The Kier molecular flexibility index (Phi) is 6.92. The molecule has 0 spiro atoms. The number of hydrogen-bond donors (Lipinski definition) is 2. The molecular formula is C23H33N5O2. The zero-order valence-corrected chi connectivity index (χ0v) is 18.7. The van der Waals surface area contributed by atoms with Gasteiger partial charge in [-0.25, -0.2) is 4.68 Å². The molecule has 0 atom stereocenters. The second-order valence-electron chi connectivity index (χ2n) is 8.56. The Morgan fingerprint density at radius 3 is 2.33 bits per heavy atom. The van der Waals surface area contributed by atoms with E-state index in [1.165, 1.54) is 5.56 Å². The van der Waals surface area contributed by atoms with Crippen LogP contribution in [0, 0.1) is 26.7 Å². The number of hydrogen-bond acceptors (Lipinski definition) is 4. The van der Waals surface area contributed by atoms with Crippen molar-refractivity contribution < 1.29 is 9.59 Å². The average Bonchev–Trinajstić information content (AvgIpc) is 2.98. The lowest BCUT2D eigenvalue weighted by Crippen LogP contribution is -2.47. The minimum absolute atomic E-state index is 0.00103. The number of benzene rings is 1. The van der Waals surface area contributed by atoms with E-state index in [0.29, 0.717) is 6.54 Å². The van der Waals surface area contributed by atoms with Crippen molar-refractivity contribution in [3.8, 4) is 5.69 Å². The predicted molar refractivity (Wildman–Crippen MR) is 119 cm³/mol. The summed E-state index contributed by atoms with van der Waals surface area (Å²) in [5.74, 6) is 0.0677. The van der Waals surface area contributed by atoms with Gasteiger partial charge in [0.2, 0.25) is 11.8 Å². The van der Waals surface area contributed by atoms with E-state index < -0.39 is 0 Å². The fraction of sp³-hybridized carbons (Fsp3) is 0.522. The first kappa shape index (κ1) is 22.0. The maximum atomic E-state index is 12.7. The summed E-state index contributed by atoms with van der Waals surface area (Å²) in [7, 11) is 0. The number of likely N-dealkylation sites (tertiary alicyclic amines) is 1. The molecule has 0 aliphatic carbocycles. The highest BCUT2D eigenvalue weighted by atomic mass is 16.2. The standard InChI is InChI=1S/C23H33N5O2/c1-15(2)23(30)24-19-10-12-27(13-11-19)14-21(29)25-22-17(4)26-28(18(22)5)20-8-6-16(3)7-9-20/h6-9,15,19H,10-14H2,1-5H3,(H,24,30)(H,25,29). The summed E-state index contributed by atoms with van der Waals surface area (Å²) >= 11 is 0. The van der Waals surface area contributed by atoms with Crippen molar-refractivity contribution >= 4 is 17.5 Å². The SMILES string of the molecule is Cc1ccc(-n2nc(C)c(NC(=O)CN3CCC(NC(=O)C(C)C)CC3)c2C)cc1. The first-order valence-corrected chi connectivity index (χ1v) is 10.7. The van der Waals surface area contributed by atoms with Gasteiger partial charge < -0.3 is 10.6 Å². The molecule has 0 unspecified atom stereocenters. The molecule has 7 heteroatoms. The van der Waals surface area contributed by atoms with Gasteiger partial charge in [0.15, 0.2) is 0 Å². The van der Waals surface area contributed by atoms with Crippen LogP contribution < -0.4 is 10.6 Å². The fourth-order valence-electron chi connectivity index (χ4n) is 3.75. The number of aryl methyl sites for hydroxylation is 2. The number of carbonyl (C=O) groups is 2. The maximum Gasteiger partial charge on any atom is 0.238 e. The lowest BCUT2D eigenvalue weighted by Gasteiger charge is -2.32. The van der Waals surface area contributed by atoms with Crippen LogP contribution in [-0.4, -0.2) is 52.2 Å². The zero-order chi connectivity index (χ0) is 21.8. The van der Waals surface area contributed by atoms with Crippen LogP contribution in [0.1, 0.15) is 43.6 Å². The molecule has 1 aromatic carbocycles. The molecule has 2 heterocycles. The molecule has 2 aromatic rings. The topological polar surface area (TPSA) is 79.3 Å². The van der Waals surface area contributed by atoms with Crippen molar-refractivity contribution in [1.29, 1.82) is 0 Å². The van der Waals surface area contributed by atoms with Gasteiger partial charge in [-0.15, -0.1) is 0 Å². The molecule has 30 heavy (non-hydrogen) atoms. The third kappa shape index (κ3) is 5.27. The van der Waals surface area contributed by atoms with Gasteiger partial charge in [-0.05, 0) is 45.7 Å². The number of rotatable bonds is 6. The third-order valence-corrected chi connectivity index (χ3v) is 5.66. The van der Waals surface area contributed by atoms with Crippen LogP contribution in [0.15, 0.2) is 24.3 Å². The van der Waals surface area contributed by atoms with E-state index in [2.05, 4.69) is 39.7 Å². The van der Waals surface area contributed by atoms with Crippen LogP contribution in [0.3, 0.4) is 0 Å². The van der Waals surface area contributed by atoms with Crippen LogP contribution in [0.4, 0.5) is 5.69 Å². The normalized spacial score (nSPS) is 15.4. The first-order valence-electron chi connectivity index (χ1n) is 10.7. The molecule has 0 radical (unpaired) electrons. The largest absolute Gasteiger partial charge is 0.353 e. The number of amides is 2. The minimum atomic E-state index is -0.0330. The van der Waals surface area contributed by atoms with E-state index in [1.54, 1.807) is 0 Å². The van der Waals surface area contributed by atoms with Crippen molar-refractivity contribution in [2.24, 2.45) is 5.92 Å². The Morgan fingerprint density at radius 2 is 1.73 bits per heavy atom. The average molecular weight is 412 g/mol. The zero-order valence-electron chi connectivity index (χ0n) is 18.7. The van der Waals surface area contributed by atoms with E-state index >= 15 is 0 Å². The summed E-state index contributed by atoms with van der Waals surface area (Å²) in [6, 6.07) is 8.37. The van der Waals surface area contributed by atoms with Gasteiger partial charge in [0, 0.05) is 25.0 Å². The molecule has 0 saturated carbocycles. The molecule has 3 rings (SSSR count). The molecule has 1 saturated heterocycles. The Labute approximate surface area is 178 Å². The van der Waals surface area contributed by atoms with Crippen molar-refractivity contribution in [3.05, 3.63) is 41.2 Å². The summed E-state index contributed by atoms with van der Waals surface area (Å²) in [6.45, 7) is 11.7. The first-order chi connectivity index (χ1) is 14.2. The Bertz CT molecular complexity index is 893. The van der Waals surface area contributed by atoms with E-state index in [4.69, 9.17) is 0 Å². The summed E-state index contributed by atoms with van der Waals surface area (Å²) in [5.41, 5.74) is 4.67. The van der Waals surface area contributed by atoms with Gasteiger partial charge in [-0.2, -0.15) is 5.10 Å².